The molecule has 2 aromatic carbocycles. The normalized spacial score (nSPS) is 10.2. The number of ether oxygens (including phenoxy) is 1. The van der Waals surface area contributed by atoms with E-state index in [0.717, 1.165) is 6.07 Å². The van der Waals surface area contributed by atoms with Crippen molar-refractivity contribution in [2.45, 2.75) is 0 Å². The van der Waals surface area contributed by atoms with Crippen molar-refractivity contribution in [1.29, 1.82) is 0 Å². The third-order valence-electron chi connectivity index (χ3n) is 2.46. The van der Waals surface area contributed by atoms with Gasteiger partial charge in [-0.3, -0.25) is 0 Å². The van der Waals surface area contributed by atoms with Crippen molar-refractivity contribution in [3.63, 3.8) is 0 Å². The Labute approximate surface area is 103 Å². The van der Waals surface area contributed by atoms with E-state index in [2.05, 4.69) is 5.32 Å². The summed E-state index contributed by atoms with van der Waals surface area (Å²) in [7, 11) is 1.52. The van der Waals surface area contributed by atoms with Crippen LogP contribution in [-0.2, 0) is 0 Å². The van der Waals surface area contributed by atoms with Crippen LogP contribution in [0.1, 0.15) is 0 Å². The van der Waals surface area contributed by atoms with Crippen molar-refractivity contribution in [1.82, 2.24) is 0 Å². The number of anilines is 3. The molecule has 3 N–H and O–H groups in total. The van der Waals surface area contributed by atoms with Gasteiger partial charge in [-0.25, -0.2) is 8.78 Å². The molecule has 0 amide bonds. The van der Waals surface area contributed by atoms with Gasteiger partial charge in [-0.05, 0) is 24.3 Å². The minimum Gasteiger partial charge on any atom is -0.497 e. The summed E-state index contributed by atoms with van der Waals surface area (Å²) in [5.41, 5.74) is 6.85. The van der Waals surface area contributed by atoms with Gasteiger partial charge in [0.15, 0.2) is 0 Å². The van der Waals surface area contributed by atoms with Crippen LogP contribution in [0, 0.1) is 11.6 Å². The highest BCUT2D eigenvalue weighted by Gasteiger charge is 2.07. The van der Waals surface area contributed by atoms with Crippen molar-refractivity contribution < 1.29 is 13.5 Å². The monoisotopic (exact) mass is 250 g/mol. The highest BCUT2D eigenvalue weighted by molar-refractivity contribution is 5.74. The fourth-order valence-electron chi connectivity index (χ4n) is 1.51. The van der Waals surface area contributed by atoms with Crippen LogP contribution in [0.2, 0.25) is 0 Å². The third-order valence-corrected chi connectivity index (χ3v) is 2.46. The topological polar surface area (TPSA) is 47.3 Å². The largest absolute Gasteiger partial charge is 0.497 e. The first-order chi connectivity index (χ1) is 8.60. The highest BCUT2D eigenvalue weighted by Crippen LogP contribution is 2.28. The molecule has 2 rings (SSSR count). The first-order valence-electron chi connectivity index (χ1n) is 5.26. The lowest BCUT2D eigenvalue weighted by Gasteiger charge is -2.11. The molecule has 3 nitrogen and oxygen atoms in total. The van der Waals surface area contributed by atoms with Crippen LogP contribution < -0.4 is 15.8 Å². The molecule has 0 aliphatic heterocycles. The lowest BCUT2D eigenvalue weighted by molar-refractivity contribution is 0.415. The van der Waals surface area contributed by atoms with Crippen LogP contribution >= 0.6 is 0 Å². The molecule has 0 spiro atoms. The molecule has 0 aromatic heterocycles. The lowest BCUT2D eigenvalue weighted by Crippen LogP contribution is -1.99. The summed E-state index contributed by atoms with van der Waals surface area (Å²) in [4.78, 5) is 0. The smallest absolute Gasteiger partial charge is 0.149 e. The van der Waals surface area contributed by atoms with Crippen molar-refractivity contribution in [2.24, 2.45) is 0 Å². The molecule has 0 bridgehead atoms. The van der Waals surface area contributed by atoms with Gasteiger partial charge in [0.1, 0.15) is 17.4 Å². The second-order valence-electron chi connectivity index (χ2n) is 3.70. The SMILES string of the molecule is COc1ccc(N)c(Nc2ccc(F)cc2F)c1. The zero-order chi connectivity index (χ0) is 13.1. The summed E-state index contributed by atoms with van der Waals surface area (Å²) in [6.07, 6.45) is 0. The molecule has 0 heterocycles. The number of hydrogen-bond donors (Lipinski definition) is 2. The summed E-state index contributed by atoms with van der Waals surface area (Å²) >= 11 is 0. The van der Waals surface area contributed by atoms with Gasteiger partial charge in [0.2, 0.25) is 0 Å². The van der Waals surface area contributed by atoms with E-state index in [1.54, 1.807) is 18.2 Å². The zero-order valence-electron chi connectivity index (χ0n) is 9.71. The summed E-state index contributed by atoms with van der Waals surface area (Å²) in [5.74, 6) is -0.719. The van der Waals surface area contributed by atoms with E-state index in [9.17, 15) is 8.78 Å². The van der Waals surface area contributed by atoms with Crippen molar-refractivity contribution >= 4 is 17.1 Å². The van der Waals surface area contributed by atoms with Crippen LogP contribution in [0.15, 0.2) is 36.4 Å². The number of halogens is 2. The molecule has 0 aliphatic rings. The lowest BCUT2D eigenvalue weighted by atomic mass is 10.2. The average molecular weight is 250 g/mol. The van der Waals surface area contributed by atoms with Crippen molar-refractivity contribution in [3.8, 4) is 5.75 Å². The predicted molar refractivity (Wildman–Crippen MR) is 67.0 cm³/mol. The Bertz CT molecular complexity index is 573. The fraction of sp³-hybridized carbons (Fsp3) is 0.0769. The van der Waals surface area contributed by atoms with E-state index < -0.39 is 11.6 Å². The third kappa shape index (κ3) is 2.51. The molecule has 0 aliphatic carbocycles. The maximum absolute atomic E-state index is 13.5. The molecular formula is C13H12F2N2O. The Balaban J connectivity index is 2.33. The maximum atomic E-state index is 13.5. The van der Waals surface area contributed by atoms with E-state index in [0.29, 0.717) is 17.1 Å². The van der Waals surface area contributed by atoms with Crippen LogP contribution in [0.25, 0.3) is 0 Å². The standard InChI is InChI=1S/C13H12F2N2O/c1-18-9-3-4-11(16)13(7-9)17-12-5-2-8(14)6-10(12)15/h2-7,17H,16H2,1H3. The van der Waals surface area contributed by atoms with Gasteiger partial charge < -0.3 is 15.8 Å². The molecule has 0 saturated heterocycles. The summed E-state index contributed by atoms with van der Waals surface area (Å²) in [6.45, 7) is 0. The summed E-state index contributed by atoms with van der Waals surface area (Å²) in [6, 6.07) is 8.26. The molecule has 0 saturated carbocycles. The minimum atomic E-state index is -0.683. The van der Waals surface area contributed by atoms with Gasteiger partial charge in [-0.2, -0.15) is 0 Å². The molecular weight excluding hydrogens is 238 g/mol. The van der Waals surface area contributed by atoms with Gasteiger partial charge in [-0.15, -0.1) is 0 Å². The number of methoxy groups -OCH3 is 1. The van der Waals surface area contributed by atoms with Gasteiger partial charge >= 0.3 is 0 Å². The Morgan fingerprint density at radius 3 is 2.50 bits per heavy atom. The van der Waals surface area contributed by atoms with E-state index in [1.165, 1.54) is 19.2 Å². The summed E-state index contributed by atoms with van der Waals surface area (Å²) in [5, 5.41) is 2.80. The zero-order valence-corrected chi connectivity index (χ0v) is 9.71. The number of nitrogen functional groups attached to an aromatic ring is 1. The number of benzene rings is 2. The Morgan fingerprint density at radius 1 is 1.06 bits per heavy atom. The second kappa shape index (κ2) is 4.91. The molecule has 2 aromatic rings. The van der Waals surface area contributed by atoms with Crippen LogP contribution in [0.4, 0.5) is 25.8 Å². The molecule has 0 radical (unpaired) electrons. The Morgan fingerprint density at radius 2 is 1.83 bits per heavy atom. The van der Waals surface area contributed by atoms with E-state index in [1.807, 2.05) is 0 Å². The molecule has 0 unspecified atom stereocenters. The van der Waals surface area contributed by atoms with E-state index in [4.69, 9.17) is 10.5 Å². The molecule has 94 valence electrons. The molecule has 18 heavy (non-hydrogen) atoms. The molecule has 5 heteroatoms. The Kier molecular flexibility index (Phi) is 3.32. The first kappa shape index (κ1) is 12.2. The summed E-state index contributed by atoms with van der Waals surface area (Å²) < 4.78 is 31.3. The number of rotatable bonds is 3. The minimum absolute atomic E-state index is 0.149. The van der Waals surface area contributed by atoms with Gasteiger partial charge in [0.05, 0.1) is 24.2 Å². The predicted octanol–water partition coefficient (Wildman–Crippen LogP) is 3.30. The van der Waals surface area contributed by atoms with Crippen molar-refractivity contribution in [2.75, 3.05) is 18.2 Å². The van der Waals surface area contributed by atoms with Gasteiger partial charge in [-0.1, -0.05) is 0 Å². The van der Waals surface area contributed by atoms with Gasteiger partial charge in [0, 0.05) is 12.1 Å². The van der Waals surface area contributed by atoms with Crippen LogP contribution in [-0.4, -0.2) is 7.11 Å². The molecule has 0 atom stereocenters. The average Bonchev–Trinajstić information content (AvgIpc) is 2.35. The second-order valence-corrected chi connectivity index (χ2v) is 3.70. The highest BCUT2D eigenvalue weighted by atomic mass is 19.1. The van der Waals surface area contributed by atoms with E-state index >= 15 is 0 Å². The number of nitrogens with two attached hydrogens (primary N) is 1. The maximum Gasteiger partial charge on any atom is 0.149 e. The fourth-order valence-corrected chi connectivity index (χ4v) is 1.51. The van der Waals surface area contributed by atoms with E-state index in [-0.39, 0.29) is 5.69 Å². The molecule has 0 fully saturated rings. The van der Waals surface area contributed by atoms with Crippen LogP contribution in [0.5, 0.6) is 5.75 Å². The first-order valence-corrected chi connectivity index (χ1v) is 5.26. The number of nitrogens with one attached hydrogen (secondary N) is 1. The van der Waals surface area contributed by atoms with Gasteiger partial charge in [0.25, 0.3) is 0 Å². The Hall–Kier alpha value is -2.30. The number of hydrogen-bond acceptors (Lipinski definition) is 3. The van der Waals surface area contributed by atoms with Crippen LogP contribution in [0.3, 0.4) is 0 Å². The van der Waals surface area contributed by atoms with Crippen molar-refractivity contribution in [3.05, 3.63) is 48.0 Å². The quantitative estimate of drug-likeness (QED) is 0.822.